The average Bonchev–Trinajstić information content (AvgIpc) is 2.92. The van der Waals surface area contributed by atoms with Crippen LogP contribution in [0.4, 0.5) is 4.39 Å². The van der Waals surface area contributed by atoms with Gasteiger partial charge in [-0.25, -0.2) is 4.39 Å². The van der Waals surface area contributed by atoms with E-state index < -0.39 is 20.5 Å². The van der Waals surface area contributed by atoms with Gasteiger partial charge in [-0.1, -0.05) is 94.7 Å². The Balaban J connectivity index is 0.000000369. The minimum Gasteiger partial charge on any atom is -0.512 e. The third-order valence-electron chi connectivity index (χ3n) is 7.14. The monoisotopic (exact) mass is 735 g/mol. The molecular formula is C34H41FIrNO2Si-. The second kappa shape index (κ2) is 14.8. The first-order valence-corrected chi connectivity index (χ1v) is 17.3. The van der Waals surface area contributed by atoms with Crippen LogP contribution in [0.25, 0.3) is 32.8 Å². The van der Waals surface area contributed by atoms with Gasteiger partial charge in [0.1, 0.15) is 0 Å². The maximum atomic E-state index is 11.7. The molecule has 4 aromatic rings. The molecule has 3 nitrogen and oxygen atoms in total. The van der Waals surface area contributed by atoms with Crippen LogP contribution in [0.5, 0.6) is 0 Å². The molecule has 0 saturated carbocycles. The predicted molar refractivity (Wildman–Crippen MR) is 166 cm³/mol. The van der Waals surface area contributed by atoms with Crippen molar-refractivity contribution < 1.29 is 34.4 Å². The van der Waals surface area contributed by atoms with E-state index in [0.29, 0.717) is 5.92 Å². The summed E-state index contributed by atoms with van der Waals surface area (Å²) in [4.78, 5) is 15.3. The van der Waals surface area contributed by atoms with Gasteiger partial charge >= 0.3 is 0 Å². The number of benzene rings is 3. The number of alkyl halides is 1. The van der Waals surface area contributed by atoms with Crippen LogP contribution >= 0.6 is 0 Å². The summed E-state index contributed by atoms with van der Waals surface area (Å²) in [5, 5.41) is 15.7. The molecule has 215 valence electrons. The number of halogens is 1. The van der Waals surface area contributed by atoms with Gasteiger partial charge < -0.3 is 5.11 Å². The minimum atomic E-state index is -1.50. The molecule has 6 heteroatoms. The van der Waals surface area contributed by atoms with Gasteiger partial charge in [0.25, 0.3) is 0 Å². The summed E-state index contributed by atoms with van der Waals surface area (Å²) < 4.78 is 11.7. The summed E-state index contributed by atoms with van der Waals surface area (Å²) in [5.41, 5.74) is 3.51. The number of fused-ring (bicyclic) bond motifs is 2. The Morgan fingerprint density at radius 2 is 1.70 bits per heavy atom. The van der Waals surface area contributed by atoms with Crippen LogP contribution in [0.2, 0.25) is 19.6 Å². The third kappa shape index (κ3) is 8.19. The molecule has 0 spiro atoms. The summed E-state index contributed by atoms with van der Waals surface area (Å²) in [6.07, 6.45) is 4.44. The number of aromatic nitrogens is 1. The number of rotatable bonds is 8. The van der Waals surface area contributed by atoms with Gasteiger partial charge in [0, 0.05) is 44.0 Å². The fraction of sp³-hybridized carbons (Fsp3) is 0.353. The van der Waals surface area contributed by atoms with Crippen LogP contribution in [0.1, 0.15) is 52.0 Å². The number of hydrogen-bond acceptors (Lipinski definition) is 3. The SMILES string of the molecule is CC(C)c1ccc2c(-c3[c-]c4ccccc4c([Si](C)(C)C)c3)nccc2c1.CCC(CC)/C(O)=C/C(=O)CF.[Ir]. The molecule has 0 saturated heterocycles. The molecule has 0 atom stereocenters. The standard InChI is InChI=1S/C25H26NSi.C9H15FO2.Ir/c1-17(2)18-10-11-23-20(14-18)12-13-26-25(23)21-15-19-8-6-7-9-22(19)24(16-21)27(3,4)5;1-3-7(4-2)9(12)5-8(11)6-10;/h6-14,16-17H,1-5H3;5,7,12H,3-4,6H2,1-2H3;/q-1;;/b;9-5-;. The molecule has 0 aliphatic rings. The second-order valence-electron chi connectivity index (χ2n) is 11.4. The first-order valence-electron chi connectivity index (χ1n) is 13.8. The van der Waals surface area contributed by atoms with Crippen LogP contribution in [-0.2, 0) is 24.9 Å². The Morgan fingerprint density at radius 3 is 2.30 bits per heavy atom. The average molecular weight is 735 g/mol. The Labute approximate surface area is 253 Å². The van der Waals surface area contributed by atoms with E-state index in [9.17, 15) is 14.3 Å². The van der Waals surface area contributed by atoms with Gasteiger partial charge in [0.05, 0.1) is 13.8 Å². The zero-order valence-corrected chi connectivity index (χ0v) is 28.0. The molecule has 1 radical (unpaired) electrons. The van der Waals surface area contributed by atoms with Crippen molar-refractivity contribution in [1.82, 2.24) is 4.98 Å². The molecule has 1 heterocycles. The molecule has 3 aromatic carbocycles. The summed E-state index contributed by atoms with van der Waals surface area (Å²) in [6.45, 7) is 14.5. The maximum absolute atomic E-state index is 11.7. The number of aliphatic hydroxyl groups is 1. The number of carbonyl (C=O) groups is 1. The topological polar surface area (TPSA) is 50.2 Å². The summed E-state index contributed by atoms with van der Waals surface area (Å²) >= 11 is 0. The fourth-order valence-corrected chi connectivity index (χ4v) is 6.38. The van der Waals surface area contributed by atoms with E-state index >= 15 is 0 Å². The quantitative estimate of drug-likeness (QED) is 0.0852. The minimum absolute atomic E-state index is 0. The van der Waals surface area contributed by atoms with E-state index in [1.807, 2.05) is 20.0 Å². The van der Waals surface area contributed by atoms with E-state index in [-0.39, 0.29) is 31.8 Å². The van der Waals surface area contributed by atoms with Crippen molar-refractivity contribution in [3.05, 3.63) is 84.3 Å². The maximum Gasteiger partial charge on any atom is 0.189 e. The zero-order valence-electron chi connectivity index (χ0n) is 24.6. The molecule has 0 bridgehead atoms. The van der Waals surface area contributed by atoms with Crippen LogP contribution in [0.3, 0.4) is 0 Å². The predicted octanol–water partition coefficient (Wildman–Crippen LogP) is 8.92. The number of aliphatic hydroxyl groups excluding tert-OH is 1. The molecule has 4 rings (SSSR count). The van der Waals surface area contributed by atoms with Crippen molar-refractivity contribution in [2.45, 2.75) is 66.1 Å². The van der Waals surface area contributed by atoms with E-state index in [0.717, 1.165) is 30.2 Å². The first-order chi connectivity index (χ1) is 18.5. The van der Waals surface area contributed by atoms with Gasteiger partial charge in [-0.2, -0.15) is 0 Å². The normalized spacial score (nSPS) is 11.9. The second-order valence-corrected chi connectivity index (χ2v) is 16.4. The van der Waals surface area contributed by atoms with E-state index in [2.05, 4.69) is 94.2 Å². The van der Waals surface area contributed by atoms with Gasteiger partial charge in [-0.3, -0.25) is 9.78 Å². The van der Waals surface area contributed by atoms with Crippen molar-refractivity contribution in [3.63, 3.8) is 0 Å². The van der Waals surface area contributed by atoms with Gasteiger partial charge in [-0.05, 0) is 41.2 Å². The third-order valence-corrected chi connectivity index (χ3v) is 9.17. The number of ketones is 1. The van der Waals surface area contributed by atoms with Crippen molar-refractivity contribution in [3.8, 4) is 11.3 Å². The Morgan fingerprint density at radius 1 is 1.02 bits per heavy atom. The van der Waals surface area contributed by atoms with Crippen LogP contribution in [0, 0.1) is 12.0 Å². The molecule has 0 amide bonds. The number of carbonyl (C=O) groups excluding carboxylic acids is 1. The first kappa shape index (κ1) is 33.5. The van der Waals surface area contributed by atoms with Crippen LogP contribution in [0.15, 0.2) is 72.6 Å². The molecule has 40 heavy (non-hydrogen) atoms. The Bertz CT molecular complexity index is 1470. The van der Waals surface area contributed by atoms with E-state index in [1.165, 1.54) is 32.3 Å². The van der Waals surface area contributed by atoms with Crippen LogP contribution in [-0.4, -0.2) is 30.6 Å². The Kier molecular flexibility index (Phi) is 12.4. The van der Waals surface area contributed by atoms with Gasteiger partial charge in [-0.15, -0.1) is 28.8 Å². The van der Waals surface area contributed by atoms with E-state index in [1.54, 1.807) is 0 Å². The molecule has 0 unspecified atom stereocenters. The summed E-state index contributed by atoms with van der Waals surface area (Å²) in [7, 11) is -1.50. The molecule has 0 aliphatic carbocycles. The molecule has 1 aromatic heterocycles. The molecule has 0 fully saturated rings. The van der Waals surface area contributed by atoms with Crippen molar-refractivity contribution in [2.75, 3.05) is 6.67 Å². The Hall–Kier alpha value is -2.66. The van der Waals surface area contributed by atoms with Gasteiger partial charge in [0.2, 0.25) is 0 Å². The van der Waals surface area contributed by atoms with Crippen molar-refractivity contribution in [1.29, 1.82) is 0 Å². The van der Waals surface area contributed by atoms with E-state index in [4.69, 9.17) is 4.98 Å². The number of hydrogen-bond donors (Lipinski definition) is 1. The molecule has 1 N–H and O–H groups in total. The van der Waals surface area contributed by atoms with Crippen molar-refractivity contribution in [2.24, 2.45) is 5.92 Å². The zero-order chi connectivity index (χ0) is 28.7. The fourth-order valence-electron chi connectivity index (χ4n) is 4.78. The number of nitrogens with zero attached hydrogens (tertiary/aromatic N) is 1. The number of allylic oxidation sites excluding steroid dienone is 2. The summed E-state index contributed by atoms with van der Waals surface area (Å²) in [5.74, 6) is -0.153. The van der Waals surface area contributed by atoms with Crippen molar-refractivity contribution >= 4 is 40.6 Å². The summed E-state index contributed by atoms with van der Waals surface area (Å²) in [6, 6.07) is 23.5. The molecular weight excluding hydrogens is 694 g/mol. The van der Waals surface area contributed by atoms with Crippen LogP contribution < -0.4 is 5.19 Å². The smallest absolute Gasteiger partial charge is 0.189 e. The largest absolute Gasteiger partial charge is 0.512 e. The number of pyridine rings is 1. The van der Waals surface area contributed by atoms with Gasteiger partial charge in [0.15, 0.2) is 12.5 Å². The molecule has 0 aliphatic heterocycles.